The minimum absolute atomic E-state index is 0.186. The number of hydrogen-bond donors (Lipinski definition) is 1. The van der Waals surface area contributed by atoms with Crippen LogP contribution in [-0.2, 0) is 18.3 Å². The second-order valence-electron chi connectivity index (χ2n) is 5.87. The van der Waals surface area contributed by atoms with E-state index in [4.69, 9.17) is 0 Å². The van der Waals surface area contributed by atoms with E-state index in [1.807, 2.05) is 30.4 Å². The molecule has 0 radical (unpaired) electrons. The molecular weight excluding hydrogens is 282 g/mol. The van der Waals surface area contributed by atoms with Gasteiger partial charge in [0.2, 0.25) is 5.91 Å². The monoisotopic (exact) mass is 309 g/mol. The summed E-state index contributed by atoms with van der Waals surface area (Å²) in [5.74, 6) is 1.32. The molecule has 0 spiro atoms. The molecule has 1 aliphatic rings. The third-order valence-electron chi connectivity index (χ3n) is 4.44. The number of thioether (sulfide) groups is 1. The zero-order valence-electron chi connectivity index (χ0n) is 13.6. The molecule has 4 nitrogen and oxygen atoms in total. The summed E-state index contributed by atoms with van der Waals surface area (Å²) >= 11 is 1.98. The molecule has 1 amide bonds. The largest absolute Gasteiger partial charge is 0.352 e. The van der Waals surface area contributed by atoms with Gasteiger partial charge in [0, 0.05) is 30.5 Å². The third kappa shape index (κ3) is 4.02. The molecule has 1 fully saturated rings. The number of carbonyl (C=O) groups excluding carboxylic acids is 1. The van der Waals surface area contributed by atoms with E-state index in [1.54, 1.807) is 0 Å². The van der Waals surface area contributed by atoms with Crippen molar-refractivity contribution in [1.29, 1.82) is 0 Å². The molecule has 0 bridgehead atoms. The molecule has 1 aromatic heterocycles. The molecule has 0 aliphatic heterocycles. The van der Waals surface area contributed by atoms with Gasteiger partial charge < -0.3 is 5.32 Å². The van der Waals surface area contributed by atoms with Crippen molar-refractivity contribution in [3.05, 3.63) is 17.0 Å². The lowest BCUT2D eigenvalue weighted by Crippen LogP contribution is -2.38. The third-order valence-corrected chi connectivity index (χ3v) is 5.77. The summed E-state index contributed by atoms with van der Waals surface area (Å²) in [5, 5.41) is 8.26. The van der Waals surface area contributed by atoms with Crippen LogP contribution in [0.2, 0.25) is 0 Å². The first kappa shape index (κ1) is 16.4. The zero-order valence-corrected chi connectivity index (χ0v) is 14.4. The van der Waals surface area contributed by atoms with Crippen molar-refractivity contribution in [3.63, 3.8) is 0 Å². The number of aryl methyl sites for hydroxylation is 2. The molecule has 1 aromatic rings. The highest BCUT2D eigenvalue weighted by atomic mass is 32.2. The van der Waals surface area contributed by atoms with Crippen LogP contribution >= 0.6 is 11.8 Å². The van der Waals surface area contributed by atoms with Crippen LogP contribution in [0.1, 0.15) is 49.6 Å². The molecule has 0 aromatic carbocycles. The Hall–Kier alpha value is -0.970. The van der Waals surface area contributed by atoms with Crippen molar-refractivity contribution in [2.24, 2.45) is 7.05 Å². The molecule has 0 saturated heterocycles. The summed E-state index contributed by atoms with van der Waals surface area (Å²) in [6.45, 7) is 6.28. The summed E-state index contributed by atoms with van der Waals surface area (Å²) in [6.07, 6.45) is 4.96. The van der Waals surface area contributed by atoms with E-state index in [-0.39, 0.29) is 5.91 Å². The van der Waals surface area contributed by atoms with Crippen LogP contribution in [0.3, 0.4) is 0 Å². The number of rotatable bonds is 6. The molecule has 1 saturated carbocycles. The van der Waals surface area contributed by atoms with E-state index in [2.05, 4.69) is 24.3 Å². The van der Waals surface area contributed by atoms with Gasteiger partial charge in [0.25, 0.3) is 0 Å². The highest BCUT2D eigenvalue weighted by Crippen LogP contribution is 2.29. The highest BCUT2D eigenvalue weighted by Gasteiger charge is 2.28. The Labute approximate surface area is 132 Å². The van der Waals surface area contributed by atoms with Crippen LogP contribution in [0.25, 0.3) is 0 Å². The quantitative estimate of drug-likeness (QED) is 0.879. The van der Waals surface area contributed by atoms with Crippen molar-refractivity contribution in [3.8, 4) is 0 Å². The van der Waals surface area contributed by atoms with Gasteiger partial charge in [-0.1, -0.05) is 13.3 Å². The van der Waals surface area contributed by atoms with Gasteiger partial charge in [-0.05, 0) is 44.4 Å². The van der Waals surface area contributed by atoms with Crippen molar-refractivity contribution in [2.75, 3.05) is 5.75 Å². The molecule has 0 unspecified atom stereocenters. The zero-order chi connectivity index (χ0) is 15.4. The van der Waals surface area contributed by atoms with Gasteiger partial charge >= 0.3 is 0 Å². The van der Waals surface area contributed by atoms with Gasteiger partial charge in [-0.3, -0.25) is 9.48 Å². The smallest absolute Gasteiger partial charge is 0.220 e. The lowest BCUT2D eigenvalue weighted by molar-refractivity contribution is -0.121. The van der Waals surface area contributed by atoms with E-state index in [9.17, 15) is 4.79 Å². The topological polar surface area (TPSA) is 46.9 Å². The Balaban J connectivity index is 1.85. The molecule has 21 heavy (non-hydrogen) atoms. The van der Waals surface area contributed by atoms with Crippen LogP contribution in [-0.4, -0.2) is 32.7 Å². The Kier molecular flexibility index (Phi) is 5.73. The fraction of sp³-hybridized carbons (Fsp3) is 0.750. The first-order chi connectivity index (χ1) is 10.0. The second-order valence-corrected chi connectivity index (χ2v) is 7.39. The summed E-state index contributed by atoms with van der Waals surface area (Å²) in [6, 6.07) is 0.374. The normalized spacial score (nSPS) is 21.7. The summed E-state index contributed by atoms with van der Waals surface area (Å²) in [7, 11) is 1.96. The van der Waals surface area contributed by atoms with Crippen molar-refractivity contribution in [1.82, 2.24) is 15.1 Å². The summed E-state index contributed by atoms with van der Waals surface area (Å²) in [5.41, 5.74) is 3.43. The van der Waals surface area contributed by atoms with E-state index in [0.29, 0.717) is 17.7 Å². The average Bonchev–Trinajstić information content (AvgIpc) is 2.95. The van der Waals surface area contributed by atoms with Crippen LogP contribution < -0.4 is 5.32 Å². The summed E-state index contributed by atoms with van der Waals surface area (Å²) < 4.78 is 1.90. The number of nitrogens with one attached hydrogen (secondary N) is 1. The van der Waals surface area contributed by atoms with Crippen LogP contribution in [0.15, 0.2) is 0 Å². The predicted octanol–water partition coefficient (Wildman–Crippen LogP) is 2.76. The molecule has 118 valence electrons. The minimum Gasteiger partial charge on any atom is -0.352 e. The van der Waals surface area contributed by atoms with Gasteiger partial charge in [-0.15, -0.1) is 0 Å². The molecule has 1 N–H and O–H groups in total. The number of hydrogen-bond acceptors (Lipinski definition) is 3. The van der Waals surface area contributed by atoms with Gasteiger partial charge in [-0.25, -0.2) is 0 Å². The van der Waals surface area contributed by atoms with Crippen molar-refractivity contribution < 1.29 is 4.79 Å². The van der Waals surface area contributed by atoms with E-state index in [0.717, 1.165) is 24.3 Å². The summed E-state index contributed by atoms with van der Waals surface area (Å²) in [4.78, 5) is 12.2. The molecule has 1 aliphatic carbocycles. The lowest BCUT2D eigenvalue weighted by atomic mass is 10.1. The molecule has 2 rings (SSSR count). The predicted molar refractivity (Wildman–Crippen MR) is 88.7 cm³/mol. The maximum atomic E-state index is 12.2. The standard InChI is InChI=1S/C16H27N3OS/c1-5-21-15-8-6-7-14(15)17-16(20)10-9-13-11(2)18-19(4)12(13)3/h14-15H,5-10H2,1-4H3,(H,17,20)/t14-,15-/m1/s1. The van der Waals surface area contributed by atoms with Gasteiger partial charge in [0.05, 0.1) is 5.69 Å². The number of aromatic nitrogens is 2. The van der Waals surface area contributed by atoms with Gasteiger partial charge in [-0.2, -0.15) is 16.9 Å². The first-order valence-electron chi connectivity index (χ1n) is 7.93. The van der Waals surface area contributed by atoms with Gasteiger partial charge in [0.1, 0.15) is 0 Å². The molecular formula is C16H27N3OS. The fourth-order valence-electron chi connectivity index (χ4n) is 3.20. The number of amides is 1. The van der Waals surface area contributed by atoms with Gasteiger partial charge in [0.15, 0.2) is 0 Å². The number of carbonyl (C=O) groups is 1. The van der Waals surface area contributed by atoms with Crippen LogP contribution in [0.5, 0.6) is 0 Å². The van der Waals surface area contributed by atoms with E-state index >= 15 is 0 Å². The van der Waals surface area contributed by atoms with E-state index in [1.165, 1.54) is 24.1 Å². The maximum absolute atomic E-state index is 12.2. The van der Waals surface area contributed by atoms with Crippen molar-refractivity contribution >= 4 is 17.7 Å². The van der Waals surface area contributed by atoms with Crippen LogP contribution in [0.4, 0.5) is 0 Å². The Bertz CT molecular complexity index is 498. The maximum Gasteiger partial charge on any atom is 0.220 e. The van der Waals surface area contributed by atoms with Crippen molar-refractivity contribution in [2.45, 2.75) is 64.2 Å². The molecule has 2 atom stereocenters. The minimum atomic E-state index is 0.186. The SMILES string of the molecule is CCS[C@@H]1CCC[C@H]1NC(=O)CCc1c(C)nn(C)c1C. The molecule has 5 heteroatoms. The lowest BCUT2D eigenvalue weighted by Gasteiger charge is -2.20. The average molecular weight is 309 g/mol. The Morgan fingerprint density at radius 3 is 2.81 bits per heavy atom. The second kappa shape index (κ2) is 7.34. The fourth-order valence-corrected chi connectivity index (χ4v) is 4.40. The Morgan fingerprint density at radius 2 is 2.19 bits per heavy atom. The van der Waals surface area contributed by atoms with E-state index < -0.39 is 0 Å². The first-order valence-corrected chi connectivity index (χ1v) is 8.97. The number of nitrogens with zero attached hydrogens (tertiary/aromatic N) is 2. The van der Waals surface area contributed by atoms with Crippen LogP contribution in [0, 0.1) is 13.8 Å². The molecule has 1 heterocycles. The highest BCUT2D eigenvalue weighted by molar-refractivity contribution is 7.99. The Morgan fingerprint density at radius 1 is 1.43 bits per heavy atom.